The smallest absolute Gasteiger partial charge is 0.303 e. The van der Waals surface area contributed by atoms with Crippen LogP contribution in [0.2, 0.25) is 5.02 Å². The zero-order valence-corrected chi connectivity index (χ0v) is 24.5. The first kappa shape index (κ1) is 28.3. The summed E-state index contributed by atoms with van der Waals surface area (Å²) in [5.74, 6) is 2.20. The lowest BCUT2D eigenvalue weighted by atomic mass is 9.88. The number of imidazole rings is 2. The van der Waals surface area contributed by atoms with E-state index in [4.69, 9.17) is 26.1 Å². The van der Waals surface area contributed by atoms with Crippen LogP contribution in [0.15, 0.2) is 61.2 Å². The highest BCUT2D eigenvalue weighted by Crippen LogP contribution is 2.44. The van der Waals surface area contributed by atoms with Gasteiger partial charge in [-0.2, -0.15) is 0 Å². The second-order valence-electron chi connectivity index (χ2n) is 11.0. The highest BCUT2D eigenvalue weighted by Gasteiger charge is 2.30. The fraction of sp³-hybridized carbons (Fsp3) is 0.406. The molecule has 0 unspecified atom stereocenters. The number of para-hydroxylation sites is 1. The van der Waals surface area contributed by atoms with E-state index in [9.17, 15) is 9.90 Å². The molecule has 0 saturated carbocycles. The number of rotatable bonds is 10. The average Bonchev–Trinajstić information content (AvgIpc) is 3.62. The second-order valence-corrected chi connectivity index (χ2v) is 11.4. The van der Waals surface area contributed by atoms with E-state index in [1.807, 2.05) is 49.1 Å². The first-order valence-corrected chi connectivity index (χ1v) is 15.0. The summed E-state index contributed by atoms with van der Waals surface area (Å²) in [6.07, 6.45) is 7.94. The van der Waals surface area contributed by atoms with Crippen LogP contribution in [0, 0.1) is 0 Å². The summed E-state index contributed by atoms with van der Waals surface area (Å²) in [6, 6.07) is 13.9. The molecular weight excluding hydrogens is 554 g/mol. The summed E-state index contributed by atoms with van der Waals surface area (Å²) in [7, 11) is 0. The maximum absolute atomic E-state index is 11.3. The van der Waals surface area contributed by atoms with Crippen molar-refractivity contribution in [3.8, 4) is 11.5 Å². The molecule has 1 fully saturated rings. The van der Waals surface area contributed by atoms with Crippen LogP contribution in [0.3, 0.4) is 0 Å². The number of hydrogen-bond donors (Lipinski definition) is 1. The molecule has 2 aliphatic rings. The monoisotopic (exact) mass is 589 g/mol. The normalized spacial score (nSPS) is 17.4. The van der Waals surface area contributed by atoms with Crippen LogP contribution < -0.4 is 9.47 Å². The Morgan fingerprint density at radius 1 is 1.07 bits per heavy atom. The molecule has 42 heavy (non-hydrogen) atoms. The quantitative estimate of drug-likeness (QED) is 0.253. The molecule has 1 saturated heterocycles. The summed E-state index contributed by atoms with van der Waals surface area (Å²) in [4.78, 5) is 22.8. The zero-order chi connectivity index (χ0) is 29.1. The number of carboxylic acids is 1. The molecule has 2 aromatic heterocycles. The third-order valence-electron chi connectivity index (χ3n) is 8.37. The zero-order valence-electron chi connectivity index (χ0n) is 23.8. The number of nitrogens with zero attached hydrogens (tertiary/aromatic N) is 5. The largest absolute Gasteiger partial charge is 0.485 e. The lowest BCUT2D eigenvalue weighted by molar-refractivity contribution is -0.137. The Morgan fingerprint density at radius 3 is 2.64 bits per heavy atom. The molecule has 1 N–H and O–H groups in total. The Bertz CT molecular complexity index is 1520. The van der Waals surface area contributed by atoms with E-state index < -0.39 is 5.97 Å². The SMILES string of the molecule is CCn1cncc1Cn1c(CCC(=O)O)cnc1CN1CCC(c2cccc3c2OC[C@@H](c2ccc(Cl)cc2)O3)CC1. The van der Waals surface area contributed by atoms with Gasteiger partial charge in [0, 0.05) is 35.2 Å². The molecule has 4 aromatic rings. The molecule has 0 bridgehead atoms. The molecule has 4 heterocycles. The Morgan fingerprint density at radius 2 is 1.88 bits per heavy atom. The lowest BCUT2D eigenvalue weighted by Gasteiger charge is -2.34. The number of halogens is 1. The van der Waals surface area contributed by atoms with Gasteiger partial charge in [0.25, 0.3) is 0 Å². The molecule has 6 rings (SSSR count). The van der Waals surface area contributed by atoms with E-state index in [1.165, 1.54) is 5.56 Å². The van der Waals surface area contributed by atoms with Crippen LogP contribution in [0.25, 0.3) is 0 Å². The fourth-order valence-corrected chi connectivity index (χ4v) is 6.15. The van der Waals surface area contributed by atoms with Crippen molar-refractivity contribution in [2.24, 2.45) is 0 Å². The fourth-order valence-electron chi connectivity index (χ4n) is 6.03. The Labute approximate surface area is 250 Å². The lowest BCUT2D eigenvalue weighted by Crippen LogP contribution is -2.34. The standard InChI is InChI=1S/C32H36ClN5O4/c1-2-37-21-34-16-26(37)18-38-25(10-11-31(39)40)17-35-30(38)19-36-14-12-22(13-15-36)27-4-3-5-28-32(27)41-20-29(42-28)23-6-8-24(33)9-7-23/h3-9,16-17,21-22,29H,2,10-15,18-20H2,1H3,(H,39,40)/t29-/m0/s1. The van der Waals surface area contributed by atoms with Gasteiger partial charge in [-0.25, -0.2) is 9.97 Å². The average molecular weight is 590 g/mol. The van der Waals surface area contributed by atoms with Crippen molar-refractivity contribution in [3.63, 3.8) is 0 Å². The van der Waals surface area contributed by atoms with Gasteiger partial charge < -0.3 is 23.7 Å². The molecule has 1 atom stereocenters. The summed E-state index contributed by atoms with van der Waals surface area (Å²) >= 11 is 6.06. The van der Waals surface area contributed by atoms with Gasteiger partial charge in [0.1, 0.15) is 12.4 Å². The number of aliphatic carboxylic acids is 1. The maximum Gasteiger partial charge on any atom is 0.303 e. The third-order valence-corrected chi connectivity index (χ3v) is 8.62. The summed E-state index contributed by atoms with van der Waals surface area (Å²) < 4.78 is 17.0. The van der Waals surface area contributed by atoms with E-state index in [2.05, 4.69) is 38.1 Å². The van der Waals surface area contributed by atoms with Gasteiger partial charge >= 0.3 is 5.97 Å². The van der Waals surface area contributed by atoms with Gasteiger partial charge in [0.05, 0.1) is 31.5 Å². The molecule has 0 aliphatic carbocycles. The van der Waals surface area contributed by atoms with Crippen molar-refractivity contribution < 1.29 is 19.4 Å². The van der Waals surface area contributed by atoms with Gasteiger partial charge in [-0.1, -0.05) is 35.9 Å². The van der Waals surface area contributed by atoms with Crippen LogP contribution in [0.5, 0.6) is 11.5 Å². The topological polar surface area (TPSA) is 94.6 Å². The first-order valence-electron chi connectivity index (χ1n) is 14.6. The Balaban J connectivity index is 1.12. The Hall–Kier alpha value is -3.82. The number of hydrogen-bond acceptors (Lipinski definition) is 6. The molecule has 2 aromatic carbocycles. The van der Waals surface area contributed by atoms with Crippen molar-refractivity contribution >= 4 is 17.6 Å². The number of aryl methyl sites for hydroxylation is 2. The van der Waals surface area contributed by atoms with Gasteiger partial charge in [-0.05, 0) is 69.0 Å². The van der Waals surface area contributed by atoms with E-state index in [0.29, 0.717) is 30.5 Å². The number of likely N-dealkylation sites (tertiary alicyclic amines) is 1. The van der Waals surface area contributed by atoms with Gasteiger partial charge in [0.2, 0.25) is 0 Å². The molecule has 9 nitrogen and oxygen atoms in total. The molecular formula is C32H36ClN5O4. The van der Waals surface area contributed by atoms with Crippen molar-refractivity contribution in [1.82, 2.24) is 24.0 Å². The molecule has 0 spiro atoms. The number of fused-ring (bicyclic) bond motifs is 1. The van der Waals surface area contributed by atoms with Crippen LogP contribution >= 0.6 is 11.6 Å². The number of ether oxygens (including phenoxy) is 2. The molecule has 220 valence electrons. The molecule has 10 heteroatoms. The van der Waals surface area contributed by atoms with E-state index in [0.717, 1.165) is 73.3 Å². The van der Waals surface area contributed by atoms with E-state index in [-0.39, 0.29) is 12.5 Å². The van der Waals surface area contributed by atoms with Crippen LogP contribution in [-0.4, -0.2) is 54.8 Å². The van der Waals surface area contributed by atoms with Gasteiger partial charge in [-0.3, -0.25) is 9.69 Å². The minimum Gasteiger partial charge on any atom is -0.485 e. The number of carbonyl (C=O) groups is 1. The number of benzene rings is 2. The molecule has 0 radical (unpaired) electrons. The van der Waals surface area contributed by atoms with Gasteiger partial charge in [0.15, 0.2) is 17.6 Å². The summed E-state index contributed by atoms with van der Waals surface area (Å²) in [5.41, 5.74) is 4.29. The van der Waals surface area contributed by atoms with E-state index in [1.54, 1.807) is 0 Å². The van der Waals surface area contributed by atoms with Crippen molar-refractivity contribution in [2.75, 3.05) is 19.7 Å². The molecule has 2 aliphatic heterocycles. The van der Waals surface area contributed by atoms with Crippen LogP contribution in [-0.2, 0) is 30.8 Å². The maximum atomic E-state index is 11.3. The van der Waals surface area contributed by atoms with Crippen LogP contribution in [0.4, 0.5) is 0 Å². The first-order chi connectivity index (χ1) is 20.5. The summed E-state index contributed by atoms with van der Waals surface area (Å²) in [5, 5.41) is 9.97. The van der Waals surface area contributed by atoms with Crippen molar-refractivity contribution in [3.05, 3.63) is 94.5 Å². The Kier molecular flexibility index (Phi) is 8.48. The second kappa shape index (κ2) is 12.6. The summed E-state index contributed by atoms with van der Waals surface area (Å²) in [6.45, 7) is 6.61. The highest BCUT2D eigenvalue weighted by molar-refractivity contribution is 6.30. The minimum absolute atomic E-state index is 0.0806. The minimum atomic E-state index is -0.803. The van der Waals surface area contributed by atoms with Crippen LogP contribution in [0.1, 0.15) is 66.5 Å². The van der Waals surface area contributed by atoms with Crippen molar-refractivity contribution in [1.29, 1.82) is 0 Å². The van der Waals surface area contributed by atoms with Crippen molar-refractivity contribution in [2.45, 2.75) is 64.3 Å². The van der Waals surface area contributed by atoms with E-state index >= 15 is 0 Å². The molecule has 0 amide bonds. The number of piperidine rings is 1. The predicted octanol–water partition coefficient (Wildman–Crippen LogP) is 5.71. The third kappa shape index (κ3) is 6.17. The predicted molar refractivity (Wildman–Crippen MR) is 159 cm³/mol. The number of carboxylic acid groups (broad SMARTS) is 1. The van der Waals surface area contributed by atoms with Gasteiger partial charge in [-0.15, -0.1) is 0 Å². The highest BCUT2D eigenvalue weighted by atomic mass is 35.5. The number of aromatic nitrogens is 4.